The molecular formula is C23H25N3O4. The Morgan fingerprint density at radius 1 is 1.30 bits per heavy atom. The number of nitrogens with zero attached hydrogens (tertiary/aromatic N) is 2. The van der Waals surface area contributed by atoms with E-state index in [4.69, 9.17) is 14.7 Å². The Kier molecular flexibility index (Phi) is 7.04. The number of carbonyl (C=O) groups is 2. The second-order valence-corrected chi connectivity index (χ2v) is 7.09. The first-order valence-electron chi connectivity index (χ1n) is 9.94. The summed E-state index contributed by atoms with van der Waals surface area (Å²) >= 11 is 0. The zero-order valence-corrected chi connectivity index (χ0v) is 17.2. The fourth-order valence-electron chi connectivity index (χ4n) is 3.33. The average molecular weight is 407 g/mol. The van der Waals surface area contributed by atoms with Crippen LogP contribution in [0.3, 0.4) is 0 Å². The molecule has 0 bridgehead atoms. The molecule has 1 N–H and O–H groups in total. The largest absolute Gasteiger partial charge is 0.480 e. The van der Waals surface area contributed by atoms with Crippen LogP contribution in [-0.4, -0.2) is 43.1 Å². The summed E-state index contributed by atoms with van der Waals surface area (Å²) in [5.41, 5.74) is 2.42. The predicted molar refractivity (Wildman–Crippen MR) is 112 cm³/mol. The van der Waals surface area contributed by atoms with Crippen LogP contribution in [0.5, 0.6) is 5.75 Å². The lowest BCUT2D eigenvalue weighted by atomic mass is 10.1. The highest BCUT2D eigenvalue weighted by Crippen LogP contribution is 2.29. The minimum atomic E-state index is -0.520. The van der Waals surface area contributed by atoms with Crippen LogP contribution < -0.4 is 10.1 Å². The monoisotopic (exact) mass is 407 g/mol. The van der Waals surface area contributed by atoms with E-state index in [0.29, 0.717) is 48.7 Å². The van der Waals surface area contributed by atoms with Gasteiger partial charge in [0.2, 0.25) is 0 Å². The van der Waals surface area contributed by atoms with Crippen molar-refractivity contribution in [1.82, 2.24) is 4.90 Å². The lowest BCUT2D eigenvalue weighted by Gasteiger charge is -2.23. The Morgan fingerprint density at radius 2 is 2.07 bits per heavy atom. The van der Waals surface area contributed by atoms with Gasteiger partial charge < -0.3 is 19.7 Å². The first-order valence-corrected chi connectivity index (χ1v) is 9.94. The van der Waals surface area contributed by atoms with Crippen LogP contribution in [0.25, 0.3) is 0 Å². The molecule has 2 aromatic carbocycles. The van der Waals surface area contributed by atoms with Crippen LogP contribution in [0.15, 0.2) is 42.5 Å². The SMILES string of the molecule is CCC1Oc2ccc(NC(=O)c3ccc(C#N)cc3)cc2CN(CCCOC)C1=O. The second kappa shape index (κ2) is 9.90. The number of hydrogen-bond acceptors (Lipinski definition) is 5. The molecule has 0 saturated heterocycles. The topological polar surface area (TPSA) is 91.7 Å². The van der Waals surface area contributed by atoms with Crippen molar-refractivity contribution in [3.05, 3.63) is 59.2 Å². The zero-order chi connectivity index (χ0) is 21.5. The van der Waals surface area contributed by atoms with E-state index in [1.165, 1.54) is 0 Å². The van der Waals surface area contributed by atoms with E-state index in [0.717, 1.165) is 12.0 Å². The van der Waals surface area contributed by atoms with Gasteiger partial charge in [0.1, 0.15) is 5.75 Å². The molecule has 7 nitrogen and oxygen atoms in total. The maximum atomic E-state index is 12.8. The van der Waals surface area contributed by atoms with E-state index in [2.05, 4.69) is 5.32 Å². The summed E-state index contributed by atoms with van der Waals surface area (Å²) in [6.07, 6.45) is 0.798. The molecule has 7 heteroatoms. The van der Waals surface area contributed by atoms with Crippen LogP contribution in [0.1, 0.15) is 41.3 Å². The third-order valence-corrected chi connectivity index (χ3v) is 4.96. The lowest BCUT2D eigenvalue weighted by molar-refractivity contribution is -0.138. The van der Waals surface area contributed by atoms with Gasteiger partial charge in [-0.05, 0) is 55.3 Å². The number of amides is 2. The Bertz CT molecular complexity index is 950. The molecule has 0 saturated carbocycles. The van der Waals surface area contributed by atoms with Crippen molar-refractivity contribution in [2.45, 2.75) is 32.4 Å². The Hall–Kier alpha value is -3.37. The fraction of sp³-hybridized carbons (Fsp3) is 0.348. The van der Waals surface area contributed by atoms with E-state index in [1.807, 2.05) is 19.1 Å². The Balaban J connectivity index is 1.79. The van der Waals surface area contributed by atoms with Crippen LogP contribution in [0.2, 0.25) is 0 Å². The van der Waals surface area contributed by atoms with E-state index in [1.54, 1.807) is 48.4 Å². The molecule has 156 valence electrons. The molecule has 1 unspecified atom stereocenters. The van der Waals surface area contributed by atoms with Gasteiger partial charge in [-0.2, -0.15) is 5.26 Å². The number of benzene rings is 2. The highest BCUT2D eigenvalue weighted by Gasteiger charge is 2.29. The number of hydrogen-bond donors (Lipinski definition) is 1. The summed E-state index contributed by atoms with van der Waals surface area (Å²) < 4.78 is 11.1. The summed E-state index contributed by atoms with van der Waals surface area (Å²) in [7, 11) is 1.64. The molecule has 1 atom stereocenters. The maximum Gasteiger partial charge on any atom is 0.263 e. The number of anilines is 1. The molecule has 1 heterocycles. The van der Waals surface area contributed by atoms with Gasteiger partial charge in [0.15, 0.2) is 6.10 Å². The van der Waals surface area contributed by atoms with Crippen molar-refractivity contribution in [1.29, 1.82) is 5.26 Å². The van der Waals surface area contributed by atoms with Crippen molar-refractivity contribution in [2.75, 3.05) is 25.6 Å². The maximum absolute atomic E-state index is 12.8. The van der Waals surface area contributed by atoms with Gasteiger partial charge in [-0.3, -0.25) is 9.59 Å². The molecular weight excluding hydrogens is 382 g/mol. The Morgan fingerprint density at radius 3 is 2.73 bits per heavy atom. The van der Waals surface area contributed by atoms with Gasteiger partial charge in [-0.25, -0.2) is 0 Å². The predicted octanol–water partition coefficient (Wildman–Crippen LogP) is 3.35. The number of carbonyl (C=O) groups excluding carboxylic acids is 2. The minimum Gasteiger partial charge on any atom is -0.480 e. The number of nitriles is 1. The number of nitrogens with one attached hydrogen (secondary N) is 1. The van der Waals surface area contributed by atoms with E-state index >= 15 is 0 Å². The molecule has 0 aliphatic carbocycles. The molecule has 2 amide bonds. The van der Waals surface area contributed by atoms with E-state index < -0.39 is 6.10 Å². The third-order valence-electron chi connectivity index (χ3n) is 4.96. The number of methoxy groups -OCH3 is 1. The van der Waals surface area contributed by atoms with Gasteiger partial charge >= 0.3 is 0 Å². The quantitative estimate of drug-likeness (QED) is 0.711. The first kappa shape index (κ1) is 21.3. The highest BCUT2D eigenvalue weighted by atomic mass is 16.5. The van der Waals surface area contributed by atoms with Crippen molar-refractivity contribution < 1.29 is 19.1 Å². The molecule has 2 aromatic rings. The first-order chi connectivity index (χ1) is 14.5. The van der Waals surface area contributed by atoms with Gasteiger partial charge in [0.25, 0.3) is 11.8 Å². The van der Waals surface area contributed by atoms with Crippen LogP contribution in [0.4, 0.5) is 5.69 Å². The summed E-state index contributed by atoms with van der Waals surface area (Å²) in [5, 5.41) is 11.8. The van der Waals surface area contributed by atoms with Gasteiger partial charge in [0, 0.05) is 43.6 Å². The summed E-state index contributed by atoms with van der Waals surface area (Å²) in [6.45, 7) is 3.49. The van der Waals surface area contributed by atoms with Crippen molar-refractivity contribution in [2.24, 2.45) is 0 Å². The molecule has 0 spiro atoms. The zero-order valence-electron chi connectivity index (χ0n) is 17.2. The van der Waals surface area contributed by atoms with E-state index in [9.17, 15) is 9.59 Å². The van der Waals surface area contributed by atoms with Crippen LogP contribution in [-0.2, 0) is 16.1 Å². The summed E-state index contributed by atoms with van der Waals surface area (Å²) in [4.78, 5) is 27.1. The molecule has 0 radical (unpaired) electrons. The van der Waals surface area contributed by atoms with Crippen LogP contribution in [0, 0.1) is 11.3 Å². The molecule has 0 fully saturated rings. The van der Waals surface area contributed by atoms with Crippen LogP contribution >= 0.6 is 0 Å². The molecule has 0 aromatic heterocycles. The highest BCUT2D eigenvalue weighted by molar-refractivity contribution is 6.04. The number of ether oxygens (including phenoxy) is 2. The summed E-state index contributed by atoms with van der Waals surface area (Å²) in [5.74, 6) is 0.349. The fourth-order valence-corrected chi connectivity index (χ4v) is 3.33. The molecule has 3 rings (SSSR count). The lowest BCUT2D eigenvalue weighted by Crippen LogP contribution is -2.40. The molecule has 1 aliphatic rings. The summed E-state index contributed by atoms with van der Waals surface area (Å²) in [6, 6.07) is 13.9. The van der Waals surface area contributed by atoms with Crippen molar-refractivity contribution in [3.8, 4) is 11.8 Å². The number of fused-ring (bicyclic) bond motifs is 1. The molecule has 1 aliphatic heterocycles. The smallest absolute Gasteiger partial charge is 0.263 e. The number of rotatable bonds is 7. The van der Waals surface area contributed by atoms with Gasteiger partial charge in [-0.1, -0.05) is 6.92 Å². The average Bonchev–Trinajstić information content (AvgIpc) is 2.90. The van der Waals surface area contributed by atoms with E-state index in [-0.39, 0.29) is 11.8 Å². The normalized spacial score (nSPS) is 15.6. The second-order valence-electron chi connectivity index (χ2n) is 7.09. The standard InChI is InChI=1S/C23H25N3O4/c1-3-20-23(28)26(11-4-12-29-2)15-18-13-19(9-10-21(18)30-20)25-22(27)17-7-5-16(14-24)6-8-17/h5-10,13,20H,3-4,11-12,15H2,1-2H3,(H,25,27). The van der Waals surface area contributed by atoms with Crippen molar-refractivity contribution in [3.63, 3.8) is 0 Å². The molecule has 30 heavy (non-hydrogen) atoms. The van der Waals surface area contributed by atoms with Gasteiger partial charge in [-0.15, -0.1) is 0 Å². The third kappa shape index (κ3) is 4.97. The minimum absolute atomic E-state index is 0.0343. The van der Waals surface area contributed by atoms with Crippen molar-refractivity contribution >= 4 is 17.5 Å². The van der Waals surface area contributed by atoms with Gasteiger partial charge in [0.05, 0.1) is 11.6 Å². The Labute approximate surface area is 176 Å².